The van der Waals surface area contributed by atoms with Crippen molar-refractivity contribution in [2.75, 3.05) is 38.1 Å². The molecule has 1 aliphatic heterocycles. The smallest absolute Gasteiger partial charge is 0.335 e. The van der Waals surface area contributed by atoms with Crippen LogP contribution in [-0.4, -0.2) is 65.0 Å². The first-order valence-electron chi connectivity index (χ1n) is 7.84. The fourth-order valence-electron chi connectivity index (χ4n) is 2.73. The lowest BCUT2D eigenvalue weighted by molar-refractivity contribution is 0.0696. The molecule has 0 amide bonds. The number of carbonyl (C=O) groups is 2. The number of nitrogens with one attached hydrogen (secondary N) is 1. The lowest BCUT2D eigenvalue weighted by Gasteiger charge is -2.32. The monoisotopic (exact) mass is 400 g/mol. The normalized spacial score (nSPS) is 14.3. The number of carbonyl (C=O) groups excluding carboxylic acids is 1. The molecule has 1 fully saturated rings. The average Bonchev–Trinajstić information content (AvgIpc) is 2.96. The van der Waals surface area contributed by atoms with Gasteiger partial charge in [0.25, 0.3) is 0 Å². The molecule has 1 aliphatic rings. The van der Waals surface area contributed by atoms with Crippen LogP contribution in [0.15, 0.2) is 24.3 Å². The molecule has 0 bridgehead atoms. The van der Waals surface area contributed by atoms with Gasteiger partial charge in [-0.15, -0.1) is 24.8 Å². The molecular formula is C17H22Cl2N4O3. The van der Waals surface area contributed by atoms with E-state index in [9.17, 15) is 9.59 Å². The number of carboxylic acid groups (broad SMARTS) is 1. The summed E-state index contributed by atoms with van der Waals surface area (Å²) in [6, 6.07) is 5.91. The number of halogens is 2. The van der Waals surface area contributed by atoms with Gasteiger partial charge in [0.2, 0.25) is 11.7 Å². The molecule has 2 aromatic rings. The molecule has 0 spiro atoms. The Labute approximate surface area is 164 Å². The number of carboxylic acids is 1. The molecule has 1 aromatic carbocycles. The van der Waals surface area contributed by atoms with Crippen molar-refractivity contribution in [1.82, 2.24) is 14.9 Å². The van der Waals surface area contributed by atoms with E-state index in [0.717, 1.165) is 31.9 Å². The predicted molar refractivity (Wildman–Crippen MR) is 104 cm³/mol. The lowest BCUT2D eigenvalue weighted by Crippen LogP contribution is -2.45. The van der Waals surface area contributed by atoms with Crippen LogP contribution >= 0.6 is 24.8 Å². The number of imidazole rings is 1. The number of hydrogen-bond acceptors (Lipinski definition) is 5. The van der Waals surface area contributed by atoms with Crippen molar-refractivity contribution >= 4 is 42.5 Å². The van der Waals surface area contributed by atoms with E-state index >= 15 is 0 Å². The average molecular weight is 401 g/mol. The predicted octanol–water partition coefficient (Wildman–Crippen LogP) is 2.24. The highest BCUT2D eigenvalue weighted by atomic mass is 35.5. The maximum absolute atomic E-state index is 12.6. The second kappa shape index (κ2) is 9.02. The lowest BCUT2D eigenvalue weighted by atomic mass is 10.1. The van der Waals surface area contributed by atoms with E-state index in [0.29, 0.717) is 17.2 Å². The standard InChI is InChI=1S/C17H20N4O3.2ClH/c1-11-14(15(22)12-3-5-13(6-4-12)16(23)24)19-17(18-11)21-9-7-20(2)8-10-21;;/h3-6H,7-10H2,1-2H3,(H,18,19)(H,23,24);2*1H. The number of benzene rings is 1. The van der Waals surface area contributed by atoms with Gasteiger partial charge in [-0.3, -0.25) is 4.79 Å². The minimum Gasteiger partial charge on any atom is -0.478 e. The number of rotatable bonds is 4. The highest BCUT2D eigenvalue weighted by Crippen LogP contribution is 2.18. The molecule has 142 valence electrons. The Morgan fingerprint density at radius 2 is 1.58 bits per heavy atom. The number of ketones is 1. The Morgan fingerprint density at radius 3 is 2.12 bits per heavy atom. The van der Waals surface area contributed by atoms with Crippen LogP contribution in [0, 0.1) is 6.92 Å². The van der Waals surface area contributed by atoms with Crippen LogP contribution in [0.1, 0.15) is 32.1 Å². The topological polar surface area (TPSA) is 89.5 Å². The molecular weight excluding hydrogens is 379 g/mol. The first-order chi connectivity index (χ1) is 11.5. The van der Waals surface area contributed by atoms with Crippen LogP contribution in [-0.2, 0) is 0 Å². The van der Waals surface area contributed by atoms with Gasteiger partial charge in [-0.2, -0.15) is 0 Å². The number of nitrogens with zero attached hydrogens (tertiary/aromatic N) is 3. The van der Waals surface area contributed by atoms with Gasteiger partial charge in [-0.25, -0.2) is 9.78 Å². The molecule has 0 radical (unpaired) electrons. The first-order valence-corrected chi connectivity index (χ1v) is 7.84. The molecule has 7 nitrogen and oxygen atoms in total. The zero-order valence-electron chi connectivity index (χ0n) is 14.6. The largest absolute Gasteiger partial charge is 0.478 e. The van der Waals surface area contributed by atoms with E-state index in [1.165, 1.54) is 24.3 Å². The fourth-order valence-corrected chi connectivity index (χ4v) is 2.73. The van der Waals surface area contributed by atoms with Gasteiger partial charge >= 0.3 is 5.97 Å². The van der Waals surface area contributed by atoms with Crippen LogP contribution in [0.25, 0.3) is 0 Å². The summed E-state index contributed by atoms with van der Waals surface area (Å²) in [5.74, 6) is -0.505. The summed E-state index contributed by atoms with van der Waals surface area (Å²) in [6.07, 6.45) is 0. The summed E-state index contributed by atoms with van der Waals surface area (Å²) < 4.78 is 0. The van der Waals surface area contributed by atoms with Crippen LogP contribution in [0.3, 0.4) is 0 Å². The number of piperazine rings is 1. The Bertz CT molecular complexity index is 769. The highest BCUT2D eigenvalue weighted by Gasteiger charge is 2.22. The molecule has 0 aliphatic carbocycles. The number of aromatic carboxylic acids is 1. The van der Waals surface area contributed by atoms with Crippen molar-refractivity contribution in [2.45, 2.75) is 6.92 Å². The Hall–Kier alpha value is -2.09. The molecule has 3 rings (SSSR count). The van der Waals surface area contributed by atoms with E-state index in [1.54, 1.807) is 0 Å². The number of H-pyrrole nitrogens is 1. The molecule has 0 atom stereocenters. The summed E-state index contributed by atoms with van der Waals surface area (Å²) in [7, 11) is 2.08. The molecule has 26 heavy (non-hydrogen) atoms. The van der Waals surface area contributed by atoms with Gasteiger partial charge in [0.05, 0.1) is 5.56 Å². The van der Waals surface area contributed by atoms with Crippen LogP contribution in [0.4, 0.5) is 5.95 Å². The minimum atomic E-state index is -1.01. The molecule has 1 saturated heterocycles. The van der Waals surface area contributed by atoms with Crippen LogP contribution in [0.5, 0.6) is 0 Å². The van der Waals surface area contributed by atoms with Crippen molar-refractivity contribution in [2.24, 2.45) is 0 Å². The summed E-state index contributed by atoms with van der Waals surface area (Å²) in [5.41, 5.74) is 1.69. The number of hydrogen-bond donors (Lipinski definition) is 2. The molecule has 2 N–H and O–H groups in total. The molecule has 0 saturated carbocycles. The Kier molecular flexibility index (Phi) is 7.62. The molecule has 9 heteroatoms. The summed E-state index contributed by atoms with van der Waals surface area (Å²) in [5, 5.41) is 8.93. The third kappa shape index (κ3) is 4.55. The van der Waals surface area contributed by atoms with Crippen LogP contribution in [0.2, 0.25) is 0 Å². The van der Waals surface area contributed by atoms with Crippen molar-refractivity contribution in [3.63, 3.8) is 0 Å². The molecule has 1 aromatic heterocycles. The van der Waals surface area contributed by atoms with Gasteiger partial charge in [-0.1, -0.05) is 12.1 Å². The summed E-state index contributed by atoms with van der Waals surface area (Å²) in [6.45, 7) is 5.47. The third-order valence-electron chi connectivity index (χ3n) is 4.28. The van der Waals surface area contributed by atoms with E-state index in [2.05, 4.69) is 26.8 Å². The van der Waals surface area contributed by atoms with Crippen molar-refractivity contribution in [3.05, 3.63) is 46.8 Å². The zero-order chi connectivity index (χ0) is 17.3. The van der Waals surface area contributed by atoms with E-state index in [1.807, 2.05) is 6.92 Å². The van der Waals surface area contributed by atoms with Crippen molar-refractivity contribution < 1.29 is 14.7 Å². The van der Waals surface area contributed by atoms with Gasteiger partial charge in [-0.05, 0) is 26.1 Å². The van der Waals surface area contributed by atoms with Gasteiger partial charge in [0.1, 0.15) is 5.69 Å². The van der Waals surface area contributed by atoms with Crippen LogP contribution < -0.4 is 4.90 Å². The maximum Gasteiger partial charge on any atom is 0.335 e. The minimum absolute atomic E-state index is 0. The number of likely N-dealkylation sites (N-methyl/N-ethyl adjacent to an activating group) is 1. The summed E-state index contributed by atoms with van der Waals surface area (Å²) >= 11 is 0. The number of aromatic nitrogens is 2. The van der Waals surface area contributed by atoms with Crippen molar-refractivity contribution in [1.29, 1.82) is 0 Å². The Morgan fingerprint density at radius 1 is 1.04 bits per heavy atom. The second-order valence-corrected chi connectivity index (χ2v) is 6.04. The summed E-state index contributed by atoms with van der Waals surface area (Å²) in [4.78, 5) is 35.6. The zero-order valence-corrected chi connectivity index (χ0v) is 16.2. The molecule has 0 unspecified atom stereocenters. The van der Waals surface area contributed by atoms with Crippen molar-refractivity contribution in [3.8, 4) is 0 Å². The Balaban J connectivity index is 0.00000169. The SMILES string of the molecule is Cc1[nH]c(N2CCN(C)CC2)nc1C(=O)c1ccc(C(=O)O)cc1.Cl.Cl. The van der Waals surface area contributed by atoms with E-state index in [-0.39, 0.29) is 36.2 Å². The first kappa shape index (κ1) is 22.0. The number of aryl methyl sites for hydroxylation is 1. The fraction of sp³-hybridized carbons (Fsp3) is 0.353. The third-order valence-corrected chi connectivity index (χ3v) is 4.28. The van der Waals surface area contributed by atoms with E-state index in [4.69, 9.17) is 5.11 Å². The number of aromatic amines is 1. The quantitative estimate of drug-likeness (QED) is 0.764. The maximum atomic E-state index is 12.6. The highest BCUT2D eigenvalue weighted by molar-refractivity contribution is 6.09. The van der Waals surface area contributed by atoms with Gasteiger partial charge in [0.15, 0.2) is 0 Å². The van der Waals surface area contributed by atoms with E-state index < -0.39 is 5.97 Å². The second-order valence-electron chi connectivity index (χ2n) is 6.04. The number of anilines is 1. The van der Waals surface area contributed by atoms with Gasteiger partial charge in [0, 0.05) is 37.4 Å². The van der Waals surface area contributed by atoms with Gasteiger partial charge < -0.3 is 19.9 Å². The molecule has 2 heterocycles.